The maximum absolute atomic E-state index is 13.9. The number of carbonyl (C=O) groups excluding carboxylic acids is 2. The van der Waals surface area contributed by atoms with Crippen LogP contribution in [0.1, 0.15) is 24.1 Å². The summed E-state index contributed by atoms with van der Waals surface area (Å²) in [4.78, 5) is 28.3. The van der Waals surface area contributed by atoms with Gasteiger partial charge in [0.15, 0.2) is 0 Å². The van der Waals surface area contributed by atoms with Crippen LogP contribution in [0.15, 0.2) is 42.5 Å². The van der Waals surface area contributed by atoms with Gasteiger partial charge in [0, 0.05) is 44.5 Å². The number of fused-ring (bicyclic) bond motifs is 1. The highest BCUT2D eigenvalue weighted by molar-refractivity contribution is 5.79. The summed E-state index contributed by atoms with van der Waals surface area (Å²) in [5.74, 6) is -2.05. The smallest absolute Gasteiger partial charge is 0.227 e. The molecule has 0 radical (unpaired) electrons. The van der Waals surface area contributed by atoms with Crippen molar-refractivity contribution in [1.29, 1.82) is 0 Å². The fourth-order valence-corrected chi connectivity index (χ4v) is 4.63. The lowest BCUT2D eigenvalue weighted by molar-refractivity contribution is -0.131. The minimum Gasteiger partial charge on any atom is -0.342 e. The second kappa shape index (κ2) is 7.54. The summed E-state index contributed by atoms with van der Waals surface area (Å²) in [6.07, 6.45) is -0.146. The average Bonchev–Trinajstić information content (AvgIpc) is 3.22. The highest BCUT2D eigenvalue weighted by atomic mass is 19.1. The molecule has 2 saturated heterocycles. The molecular formula is C22H21F3N2O2. The van der Waals surface area contributed by atoms with E-state index in [4.69, 9.17) is 0 Å². The van der Waals surface area contributed by atoms with Gasteiger partial charge in [-0.3, -0.25) is 9.59 Å². The molecule has 0 aromatic heterocycles. The minimum absolute atomic E-state index is 0.0114. The Bertz CT molecular complexity index is 965. The maximum atomic E-state index is 13.9. The van der Waals surface area contributed by atoms with Gasteiger partial charge in [-0.25, -0.2) is 13.2 Å². The Morgan fingerprint density at radius 1 is 1.00 bits per heavy atom. The number of hydrogen-bond acceptors (Lipinski definition) is 2. The molecule has 2 aromatic rings. The number of amides is 2. The average molecular weight is 402 g/mol. The molecule has 0 aliphatic carbocycles. The van der Waals surface area contributed by atoms with Crippen LogP contribution in [0.25, 0.3) is 0 Å². The monoisotopic (exact) mass is 402 g/mol. The summed E-state index contributed by atoms with van der Waals surface area (Å²) in [6, 6.07) is 9.09. The summed E-state index contributed by atoms with van der Waals surface area (Å²) in [7, 11) is 0. The van der Waals surface area contributed by atoms with Crippen LogP contribution < -0.4 is 0 Å². The molecule has 2 aliphatic heterocycles. The van der Waals surface area contributed by atoms with E-state index < -0.39 is 11.6 Å². The Morgan fingerprint density at radius 3 is 2.45 bits per heavy atom. The van der Waals surface area contributed by atoms with Crippen molar-refractivity contribution >= 4 is 11.8 Å². The zero-order chi connectivity index (χ0) is 20.7. The Balaban J connectivity index is 1.53. The summed E-state index contributed by atoms with van der Waals surface area (Å²) >= 11 is 0. The number of likely N-dealkylation sites (tertiary alicyclic amines) is 2. The zero-order valence-corrected chi connectivity index (χ0v) is 15.9. The topological polar surface area (TPSA) is 40.6 Å². The van der Waals surface area contributed by atoms with E-state index in [9.17, 15) is 22.8 Å². The third-order valence-electron chi connectivity index (χ3n) is 5.97. The van der Waals surface area contributed by atoms with Crippen LogP contribution in [0.2, 0.25) is 0 Å². The number of halogens is 3. The van der Waals surface area contributed by atoms with E-state index >= 15 is 0 Å². The predicted octanol–water partition coefficient (Wildman–Crippen LogP) is 3.32. The quantitative estimate of drug-likeness (QED) is 0.790. The van der Waals surface area contributed by atoms with E-state index in [0.717, 1.165) is 12.1 Å². The molecule has 3 atom stereocenters. The molecule has 0 unspecified atom stereocenters. The number of hydrogen-bond donors (Lipinski definition) is 0. The van der Waals surface area contributed by atoms with Gasteiger partial charge >= 0.3 is 0 Å². The van der Waals surface area contributed by atoms with Crippen molar-refractivity contribution < 1.29 is 22.8 Å². The second-order valence-electron chi connectivity index (χ2n) is 7.81. The van der Waals surface area contributed by atoms with Crippen molar-refractivity contribution in [3.63, 3.8) is 0 Å². The Kier molecular flexibility index (Phi) is 5.06. The lowest BCUT2D eigenvalue weighted by atomic mass is 9.89. The molecule has 4 nitrogen and oxygen atoms in total. The van der Waals surface area contributed by atoms with E-state index in [1.165, 1.54) is 25.1 Å². The van der Waals surface area contributed by atoms with Crippen LogP contribution in [0.5, 0.6) is 0 Å². The van der Waals surface area contributed by atoms with Crippen molar-refractivity contribution in [3.05, 3.63) is 71.0 Å². The first-order valence-electron chi connectivity index (χ1n) is 9.58. The van der Waals surface area contributed by atoms with Crippen LogP contribution in [0, 0.1) is 29.3 Å². The van der Waals surface area contributed by atoms with Gasteiger partial charge in [0.1, 0.15) is 17.5 Å². The van der Waals surface area contributed by atoms with Gasteiger partial charge in [-0.1, -0.05) is 18.2 Å². The highest BCUT2D eigenvalue weighted by Crippen LogP contribution is 2.45. The molecule has 4 rings (SSSR count). The van der Waals surface area contributed by atoms with Gasteiger partial charge in [0.2, 0.25) is 11.8 Å². The third kappa shape index (κ3) is 3.73. The van der Waals surface area contributed by atoms with Gasteiger partial charge in [0.05, 0.1) is 12.5 Å². The predicted molar refractivity (Wildman–Crippen MR) is 100 cm³/mol. The number of carbonyl (C=O) groups is 2. The van der Waals surface area contributed by atoms with E-state index in [2.05, 4.69) is 0 Å². The molecule has 2 aromatic carbocycles. The minimum atomic E-state index is -0.738. The first-order chi connectivity index (χ1) is 13.8. The van der Waals surface area contributed by atoms with Crippen LogP contribution in [0.4, 0.5) is 13.2 Å². The highest BCUT2D eigenvalue weighted by Gasteiger charge is 2.49. The molecule has 0 saturated carbocycles. The van der Waals surface area contributed by atoms with Gasteiger partial charge < -0.3 is 9.80 Å². The molecule has 2 amide bonds. The van der Waals surface area contributed by atoms with E-state index in [-0.39, 0.29) is 47.5 Å². The number of nitrogens with zero attached hydrogens (tertiary/aromatic N) is 2. The summed E-state index contributed by atoms with van der Waals surface area (Å²) in [5, 5.41) is 0. The molecule has 2 aliphatic rings. The standard InChI is InChI=1S/C22H21F3N2O2/c1-13(28)27-11-16-10-26(21(29)8-14-5-6-18(24)9-20(14)25)12-19(16)22(27)15-3-2-4-17(23)7-15/h2-7,9,16,19,22H,8,10-12H2,1H3/t16-,19-,22+/m1/s1. The molecule has 29 heavy (non-hydrogen) atoms. The van der Waals surface area contributed by atoms with Gasteiger partial charge in [-0.05, 0) is 29.3 Å². The van der Waals surface area contributed by atoms with Crippen molar-refractivity contribution in [1.82, 2.24) is 9.80 Å². The summed E-state index contributed by atoms with van der Waals surface area (Å²) in [6.45, 7) is 2.86. The number of benzene rings is 2. The van der Waals surface area contributed by atoms with Crippen LogP contribution >= 0.6 is 0 Å². The fourth-order valence-electron chi connectivity index (χ4n) is 4.63. The largest absolute Gasteiger partial charge is 0.342 e. The van der Waals surface area contributed by atoms with Crippen molar-refractivity contribution in [2.45, 2.75) is 19.4 Å². The van der Waals surface area contributed by atoms with Crippen LogP contribution in [-0.4, -0.2) is 41.2 Å². The number of rotatable bonds is 3. The summed E-state index contributed by atoms with van der Waals surface area (Å²) in [5.41, 5.74) is 0.868. The van der Waals surface area contributed by atoms with Crippen LogP contribution in [-0.2, 0) is 16.0 Å². The summed E-state index contributed by atoms with van der Waals surface area (Å²) < 4.78 is 40.8. The van der Waals surface area contributed by atoms with Crippen molar-refractivity contribution in [2.24, 2.45) is 11.8 Å². The molecule has 7 heteroatoms. The SMILES string of the molecule is CC(=O)N1C[C@H]2CN(C(=O)Cc3ccc(F)cc3F)C[C@H]2[C@@H]1c1cccc(F)c1. The van der Waals surface area contributed by atoms with Crippen molar-refractivity contribution in [3.8, 4) is 0 Å². The Hall–Kier alpha value is -2.83. The van der Waals surface area contributed by atoms with Crippen LogP contribution in [0.3, 0.4) is 0 Å². The third-order valence-corrected chi connectivity index (χ3v) is 5.97. The van der Waals surface area contributed by atoms with E-state index in [0.29, 0.717) is 25.2 Å². The first-order valence-corrected chi connectivity index (χ1v) is 9.58. The Labute approximate surface area is 166 Å². The van der Waals surface area contributed by atoms with Gasteiger partial charge in [-0.2, -0.15) is 0 Å². The molecule has 2 fully saturated rings. The molecule has 2 heterocycles. The molecule has 0 spiro atoms. The fraction of sp³-hybridized carbons (Fsp3) is 0.364. The van der Waals surface area contributed by atoms with Crippen molar-refractivity contribution in [2.75, 3.05) is 19.6 Å². The van der Waals surface area contributed by atoms with Gasteiger partial charge in [0.25, 0.3) is 0 Å². The maximum Gasteiger partial charge on any atom is 0.227 e. The second-order valence-corrected chi connectivity index (χ2v) is 7.81. The van der Waals surface area contributed by atoms with Gasteiger partial charge in [-0.15, -0.1) is 0 Å². The van der Waals surface area contributed by atoms with E-state index in [1.807, 2.05) is 0 Å². The molecule has 0 bridgehead atoms. The molecular weight excluding hydrogens is 381 g/mol. The molecule has 152 valence electrons. The normalized spacial score (nSPS) is 23.4. The lowest BCUT2D eigenvalue weighted by Crippen LogP contribution is -2.37. The van der Waals surface area contributed by atoms with E-state index in [1.54, 1.807) is 21.9 Å². The first kappa shape index (κ1) is 19.5. The molecule has 0 N–H and O–H groups in total. The lowest BCUT2D eigenvalue weighted by Gasteiger charge is -2.29. The Morgan fingerprint density at radius 2 is 1.76 bits per heavy atom. The zero-order valence-electron chi connectivity index (χ0n) is 15.9.